The summed E-state index contributed by atoms with van der Waals surface area (Å²) in [5, 5.41) is 13.6. The van der Waals surface area contributed by atoms with Crippen molar-refractivity contribution in [2.75, 3.05) is 6.73 Å². The lowest BCUT2D eigenvalue weighted by Crippen LogP contribution is -2.53. The molecule has 2 aromatic carbocycles. The molecular formula is C23H27ClN2O5. The maximum absolute atomic E-state index is 13.2. The van der Waals surface area contributed by atoms with Gasteiger partial charge in [0.25, 0.3) is 0 Å². The van der Waals surface area contributed by atoms with Crippen molar-refractivity contribution in [1.82, 2.24) is 10.2 Å². The molecule has 0 spiro atoms. The van der Waals surface area contributed by atoms with Gasteiger partial charge < -0.3 is 24.8 Å². The van der Waals surface area contributed by atoms with E-state index in [-0.39, 0.29) is 25.2 Å². The highest BCUT2D eigenvalue weighted by Gasteiger charge is 2.40. The largest absolute Gasteiger partial charge is 0.445 e. The second kappa shape index (κ2) is 10.6. The van der Waals surface area contributed by atoms with Gasteiger partial charge in [-0.2, -0.15) is 0 Å². The smallest absolute Gasteiger partial charge is 0.408 e. The Morgan fingerprint density at radius 3 is 2.48 bits per heavy atom. The van der Waals surface area contributed by atoms with Crippen LogP contribution < -0.4 is 5.32 Å². The summed E-state index contributed by atoms with van der Waals surface area (Å²) in [6, 6.07) is 15.1. The highest BCUT2D eigenvalue weighted by Crippen LogP contribution is 2.23. The van der Waals surface area contributed by atoms with Crippen molar-refractivity contribution in [2.45, 2.75) is 45.2 Å². The van der Waals surface area contributed by atoms with Crippen molar-refractivity contribution < 1.29 is 24.2 Å². The third-order valence-electron chi connectivity index (χ3n) is 5.17. The molecule has 3 rings (SSSR count). The molecule has 2 amide bonds. The zero-order chi connectivity index (χ0) is 22.4. The zero-order valence-electron chi connectivity index (χ0n) is 17.5. The molecule has 0 bridgehead atoms. The average Bonchev–Trinajstić information content (AvgIpc) is 3.12. The zero-order valence-corrected chi connectivity index (χ0v) is 18.3. The topological polar surface area (TPSA) is 88.1 Å². The Kier molecular flexibility index (Phi) is 7.90. The average molecular weight is 447 g/mol. The third-order valence-corrected chi connectivity index (χ3v) is 5.43. The molecule has 3 atom stereocenters. The fourth-order valence-corrected chi connectivity index (χ4v) is 3.53. The van der Waals surface area contributed by atoms with Crippen molar-refractivity contribution in [3.8, 4) is 0 Å². The molecule has 31 heavy (non-hydrogen) atoms. The third kappa shape index (κ3) is 6.19. The van der Waals surface area contributed by atoms with Gasteiger partial charge in [0, 0.05) is 5.02 Å². The first-order chi connectivity index (χ1) is 14.8. The Morgan fingerprint density at radius 1 is 1.16 bits per heavy atom. The molecule has 1 fully saturated rings. The molecule has 0 radical (unpaired) electrons. The summed E-state index contributed by atoms with van der Waals surface area (Å²) >= 11 is 5.94. The molecule has 0 saturated carbocycles. The number of benzene rings is 2. The Bertz CT molecular complexity index is 875. The predicted molar refractivity (Wildman–Crippen MR) is 116 cm³/mol. The highest BCUT2D eigenvalue weighted by molar-refractivity contribution is 6.30. The minimum Gasteiger partial charge on any atom is -0.445 e. The minimum absolute atomic E-state index is 0.0534. The van der Waals surface area contributed by atoms with E-state index >= 15 is 0 Å². The summed E-state index contributed by atoms with van der Waals surface area (Å²) in [6.45, 7) is 3.72. The van der Waals surface area contributed by atoms with Crippen LogP contribution >= 0.6 is 11.6 Å². The number of aliphatic hydroxyl groups excluding tert-OH is 1. The lowest BCUT2D eigenvalue weighted by atomic mass is 10.0. The fraction of sp³-hybridized carbons (Fsp3) is 0.391. The fourth-order valence-electron chi connectivity index (χ4n) is 3.40. The normalized spacial score (nSPS) is 19.3. The van der Waals surface area contributed by atoms with E-state index in [2.05, 4.69) is 5.32 Å². The number of rotatable bonds is 7. The van der Waals surface area contributed by atoms with Gasteiger partial charge in [0.15, 0.2) is 6.29 Å². The number of amides is 2. The summed E-state index contributed by atoms with van der Waals surface area (Å²) in [7, 11) is 0. The van der Waals surface area contributed by atoms with E-state index < -0.39 is 24.5 Å². The van der Waals surface area contributed by atoms with Gasteiger partial charge in [0.05, 0.1) is 6.04 Å². The van der Waals surface area contributed by atoms with E-state index in [4.69, 9.17) is 21.1 Å². The summed E-state index contributed by atoms with van der Waals surface area (Å²) < 4.78 is 10.6. The summed E-state index contributed by atoms with van der Waals surface area (Å²) in [5.41, 5.74) is 1.76. The Labute approximate surface area is 186 Å². The van der Waals surface area contributed by atoms with Crippen LogP contribution in [-0.2, 0) is 27.3 Å². The number of carbonyl (C=O) groups is 2. The first-order valence-corrected chi connectivity index (χ1v) is 10.5. The first kappa shape index (κ1) is 23.1. The van der Waals surface area contributed by atoms with E-state index in [0.29, 0.717) is 11.4 Å². The number of nitrogens with zero attached hydrogens (tertiary/aromatic N) is 1. The van der Waals surface area contributed by atoms with Crippen LogP contribution in [0.2, 0.25) is 5.02 Å². The Morgan fingerprint density at radius 2 is 1.84 bits per heavy atom. The van der Waals surface area contributed by atoms with Crippen LogP contribution in [-0.4, -0.2) is 47.1 Å². The first-order valence-electron chi connectivity index (χ1n) is 10.2. The van der Waals surface area contributed by atoms with Crippen molar-refractivity contribution in [2.24, 2.45) is 5.92 Å². The van der Waals surface area contributed by atoms with E-state index in [0.717, 1.165) is 11.1 Å². The van der Waals surface area contributed by atoms with Crippen LogP contribution in [0.4, 0.5) is 4.79 Å². The standard InChI is InChI=1S/C23H27ClN2O5/c1-15(2)20(25-23(29)30-13-17-6-4-3-5-7-17)21(27)26-14-31-22(28)19(26)12-16-8-10-18(24)11-9-16/h3-11,15,19-20,22,28H,12-14H2,1-2H3,(H,25,29). The summed E-state index contributed by atoms with van der Waals surface area (Å²) in [4.78, 5) is 27.0. The molecule has 3 unspecified atom stereocenters. The molecule has 1 heterocycles. The van der Waals surface area contributed by atoms with E-state index in [1.807, 2.05) is 56.3 Å². The second-order valence-corrected chi connectivity index (χ2v) is 8.26. The minimum atomic E-state index is -1.11. The van der Waals surface area contributed by atoms with Crippen molar-refractivity contribution in [3.63, 3.8) is 0 Å². The van der Waals surface area contributed by atoms with Crippen LogP contribution in [0.1, 0.15) is 25.0 Å². The van der Waals surface area contributed by atoms with Crippen molar-refractivity contribution in [3.05, 3.63) is 70.7 Å². The summed E-state index contributed by atoms with van der Waals surface area (Å²) in [5.74, 6) is -0.520. The van der Waals surface area contributed by atoms with Gasteiger partial charge in [0.2, 0.25) is 5.91 Å². The van der Waals surface area contributed by atoms with Crippen LogP contribution in [0.25, 0.3) is 0 Å². The number of hydrogen-bond donors (Lipinski definition) is 2. The van der Waals surface area contributed by atoms with Gasteiger partial charge in [0.1, 0.15) is 19.4 Å². The number of ether oxygens (including phenoxy) is 2. The molecule has 166 valence electrons. The predicted octanol–water partition coefficient (Wildman–Crippen LogP) is 3.34. The molecule has 0 aromatic heterocycles. The molecule has 1 saturated heterocycles. The second-order valence-electron chi connectivity index (χ2n) is 7.82. The van der Waals surface area contributed by atoms with Gasteiger partial charge in [-0.15, -0.1) is 0 Å². The Hall–Kier alpha value is -2.61. The van der Waals surface area contributed by atoms with Crippen LogP contribution in [0.5, 0.6) is 0 Å². The maximum atomic E-state index is 13.2. The van der Waals surface area contributed by atoms with Gasteiger partial charge in [-0.05, 0) is 35.6 Å². The van der Waals surface area contributed by atoms with Gasteiger partial charge in [-0.25, -0.2) is 4.79 Å². The number of alkyl carbamates (subject to hydrolysis) is 1. The molecule has 2 aromatic rings. The number of hydrogen-bond acceptors (Lipinski definition) is 5. The molecule has 7 nitrogen and oxygen atoms in total. The maximum Gasteiger partial charge on any atom is 0.408 e. The monoisotopic (exact) mass is 446 g/mol. The lowest BCUT2D eigenvalue weighted by Gasteiger charge is -2.30. The summed E-state index contributed by atoms with van der Waals surface area (Å²) in [6.07, 6.45) is -1.39. The van der Waals surface area contributed by atoms with Crippen LogP contribution in [0.3, 0.4) is 0 Å². The van der Waals surface area contributed by atoms with E-state index in [1.54, 1.807) is 12.1 Å². The van der Waals surface area contributed by atoms with Crippen LogP contribution in [0, 0.1) is 5.92 Å². The molecule has 0 aliphatic carbocycles. The molecule has 1 aliphatic heterocycles. The number of nitrogens with one attached hydrogen (secondary N) is 1. The van der Waals surface area contributed by atoms with E-state index in [1.165, 1.54) is 4.90 Å². The quantitative estimate of drug-likeness (QED) is 0.681. The van der Waals surface area contributed by atoms with Gasteiger partial charge >= 0.3 is 6.09 Å². The van der Waals surface area contributed by atoms with Crippen molar-refractivity contribution >= 4 is 23.6 Å². The Balaban J connectivity index is 1.64. The van der Waals surface area contributed by atoms with E-state index in [9.17, 15) is 14.7 Å². The number of aliphatic hydroxyl groups is 1. The van der Waals surface area contributed by atoms with Crippen LogP contribution in [0.15, 0.2) is 54.6 Å². The highest BCUT2D eigenvalue weighted by atomic mass is 35.5. The van der Waals surface area contributed by atoms with Crippen molar-refractivity contribution in [1.29, 1.82) is 0 Å². The SMILES string of the molecule is CC(C)C(NC(=O)OCc1ccccc1)C(=O)N1COC(O)C1Cc1ccc(Cl)cc1. The molecular weight excluding hydrogens is 420 g/mol. The molecule has 2 N–H and O–H groups in total. The van der Waals surface area contributed by atoms with Gasteiger partial charge in [-0.3, -0.25) is 4.79 Å². The van der Waals surface area contributed by atoms with Gasteiger partial charge in [-0.1, -0.05) is 67.9 Å². The lowest BCUT2D eigenvalue weighted by molar-refractivity contribution is -0.136. The number of halogens is 1. The number of carbonyl (C=O) groups excluding carboxylic acids is 2. The molecule has 8 heteroatoms. The molecule has 1 aliphatic rings.